The number of nitrogen functional groups attached to an aromatic ring is 1. The van der Waals surface area contributed by atoms with E-state index in [1.165, 1.54) is 0 Å². The number of rotatable bonds is 3. The zero-order valence-corrected chi connectivity index (χ0v) is 13.0. The largest absolute Gasteiger partial charge is 0.452 e. The average molecular weight is 312 g/mol. The van der Waals surface area contributed by atoms with Gasteiger partial charge in [-0.2, -0.15) is 0 Å². The van der Waals surface area contributed by atoms with Gasteiger partial charge in [0.25, 0.3) is 0 Å². The van der Waals surface area contributed by atoms with Gasteiger partial charge in [-0.05, 0) is 29.3 Å². The Hall–Kier alpha value is -3.33. The van der Waals surface area contributed by atoms with Crippen LogP contribution in [0.3, 0.4) is 0 Å². The molecule has 0 unspecified atom stereocenters. The van der Waals surface area contributed by atoms with Gasteiger partial charge >= 0.3 is 0 Å². The fraction of sp³-hybridized carbons (Fsp3) is 0. The van der Waals surface area contributed by atoms with Crippen molar-refractivity contribution >= 4 is 22.4 Å². The summed E-state index contributed by atoms with van der Waals surface area (Å²) in [6.45, 7) is 0. The van der Waals surface area contributed by atoms with Gasteiger partial charge in [0.15, 0.2) is 5.76 Å². The first-order valence-electron chi connectivity index (χ1n) is 7.76. The number of para-hydroxylation sites is 1. The van der Waals surface area contributed by atoms with Gasteiger partial charge in [0, 0.05) is 10.9 Å². The minimum absolute atomic E-state index is 0.293. The monoisotopic (exact) mass is 312 g/mol. The molecule has 4 aromatic rings. The van der Waals surface area contributed by atoms with Crippen molar-refractivity contribution in [3.63, 3.8) is 0 Å². The second-order valence-corrected chi connectivity index (χ2v) is 5.66. The second-order valence-electron chi connectivity index (χ2n) is 5.66. The van der Waals surface area contributed by atoms with Crippen LogP contribution < -0.4 is 5.73 Å². The highest BCUT2D eigenvalue weighted by atomic mass is 16.3. The lowest BCUT2D eigenvalue weighted by atomic mass is 10.00. The van der Waals surface area contributed by atoms with E-state index < -0.39 is 0 Å². The molecule has 3 N–H and O–H groups in total. The van der Waals surface area contributed by atoms with E-state index in [-0.39, 0.29) is 0 Å². The molecule has 116 valence electrons. The predicted octanol–water partition coefficient (Wildman–Crippen LogP) is 5.10. The number of furan rings is 1. The Bertz CT molecular complexity index is 1030. The Balaban J connectivity index is 1.78. The number of nitrogens with one attached hydrogen (secondary N) is 1. The summed E-state index contributed by atoms with van der Waals surface area (Å²) in [7, 11) is 0. The first-order valence-corrected chi connectivity index (χ1v) is 7.76. The maximum atomic E-state index is 8.53. The maximum Gasteiger partial charge on any atom is 0.176 e. The fourth-order valence-electron chi connectivity index (χ4n) is 2.87. The Morgan fingerprint density at radius 3 is 2.29 bits per heavy atom. The first-order chi connectivity index (χ1) is 11.7. The van der Waals surface area contributed by atoms with E-state index in [9.17, 15) is 0 Å². The van der Waals surface area contributed by atoms with Crippen molar-refractivity contribution < 1.29 is 4.42 Å². The van der Waals surface area contributed by atoms with Crippen LogP contribution in [0.5, 0.6) is 0 Å². The molecular weight excluding hydrogens is 296 g/mol. The molecule has 0 amide bonds. The van der Waals surface area contributed by atoms with E-state index in [0.29, 0.717) is 22.7 Å². The number of hydrogen-bond donors (Lipinski definition) is 2. The van der Waals surface area contributed by atoms with Crippen LogP contribution in [0.15, 0.2) is 83.3 Å². The molecule has 0 aliphatic carbocycles. The number of hydrogen-bond acceptors (Lipinski definition) is 3. The third-order valence-electron chi connectivity index (χ3n) is 4.12. The van der Waals surface area contributed by atoms with Crippen molar-refractivity contribution in [2.24, 2.45) is 0 Å². The van der Waals surface area contributed by atoms with Gasteiger partial charge in [-0.1, -0.05) is 60.7 Å². The molecule has 3 heteroatoms. The van der Waals surface area contributed by atoms with Crippen LogP contribution in [0.25, 0.3) is 22.1 Å². The standard InChI is InChI=1S/C21H16N2O/c22-19(21-20(23)17-11-4-5-12-18(17)24-21)16-10-6-9-15(13-16)14-7-2-1-3-8-14/h1-13,22H,23H2. The zero-order valence-electron chi connectivity index (χ0n) is 13.0. The molecule has 0 saturated carbocycles. The quantitative estimate of drug-likeness (QED) is 0.517. The Morgan fingerprint density at radius 2 is 1.50 bits per heavy atom. The molecule has 0 aliphatic heterocycles. The van der Waals surface area contributed by atoms with Crippen LogP contribution in [-0.4, -0.2) is 5.71 Å². The summed E-state index contributed by atoms with van der Waals surface area (Å²) in [6, 6.07) is 25.6. The highest BCUT2D eigenvalue weighted by molar-refractivity contribution is 6.16. The molecule has 1 aromatic heterocycles. The summed E-state index contributed by atoms with van der Waals surface area (Å²) in [5.74, 6) is 0.418. The van der Waals surface area contributed by atoms with Crippen LogP contribution in [0, 0.1) is 5.41 Å². The summed E-state index contributed by atoms with van der Waals surface area (Å²) < 4.78 is 5.81. The minimum Gasteiger partial charge on any atom is -0.452 e. The van der Waals surface area contributed by atoms with Crippen molar-refractivity contribution in [1.82, 2.24) is 0 Å². The fourth-order valence-corrected chi connectivity index (χ4v) is 2.87. The third kappa shape index (κ3) is 2.36. The molecule has 3 aromatic carbocycles. The topological polar surface area (TPSA) is 63.0 Å². The molecule has 4 rings (SSSR count). The van der Waals surface area contributed by atoms with E-state index in [4.69, 9.17) is 15.6 Å². The van der Waals surface area contributed by atoms with Crippen LogP contribution in [0.2, 0.25) is 0 Å². The Labute approximate surface area is 139 Å². The van der Waals surface area contributed by atoms with Crippen LogP contribution in [0.1, 0.15) is 11.3 Å². The molecular formula is C21H16N2O. The van der Waals surface area contributed by atoms with Gasteiger partial charge in [0.2, 0.25) is 0 Å². The van der Waals surface area contributed by atoms with E-state index in [0.717, 1.165) is 22.1 Å². The molecule has 3 nitrogen and oxygen atoms in total. The predicted molar refractivity (Wildman–Crippen MR) is 98.4 cm³/mol. The zero-order chi connectivity index (χ0) is 16.5. The van der Waals surface area contributed by atoms with Crippen molar-refractivity contribution in [1.29, 1.82) is 5.41 Å². The highest BCUT2D eigenvalue weighted by Gasteiger charge is 2.17. The summed E-state index contributed by atoms with van der Waals surface area (Å²) in [5.41, 5.74) is 10.7. The SMILES string of the molecule is N=C(c1cccc(-c2ccccc2)c1)c1oc2ccccc2c1N. The van der Waals surface area contributed by atoms with Crippen molar-refractivity contribution in [2.75, 3.05) is 5.73 Å². The lowest BCUT2D eigenvalue weighted by Gasteiger charge is -2.06. The normalized spacial score (nSPS) is 10.8. The van der Waals surface area contributed by atoms with Gasteiger partial charge in [0.05, 0.1) is 5.69 Å². The number of anilines is 1. The van der Waals surface area contributed by atoms with Crippen LogP contribution in [-0.2, 0) is 0 Å². The number of benzene rings is 3. The van der Waals surface area contributed by atoms with E-state index in [1.807, 2.05) is 66.7 Å². The minimum atomic E-state index is 0.293. The van der Waals surface area contributed by atoms with Gasteiger partial charge < -0.3 is 10.2 Å². The van der Waals surface area contributed by atoms with E-state index in [1.54, 1.807) is 0 Å². The lowest BCUT2D eigenvalue weighted by Crippen LogP contribution is -2.03. The molecule has 0 spiro atoms. The number of fused-ring (bicyclic) bond motifs is 1. The van der Waals surface area contributed by atoms with Crippen molar-refractivity contribution in [2.45, 2.75) is 0 Å². The molecule has 0 atom stereocenters. The van der Waals surface area contributed by atoms with Gasteiger partial charge in [-0.25, -0.2) is 0 Å². The molecule has 24 heavy (non-hydrogen) atoms. The smallest absolute Gasteiger partial charge is 0.176 e. The van der Waals surface area contributed by atoms with Crippen molar-refractivity contribution in [3.8, 4) is 11.1 Å². The first kappa shape index (κ1) is 14.3. The molecule has 0 radical (unpaired) electrons. The summed E-state index contributed by atoms with van der Waals surface area (Å²) >= 11 is 0. The maximum absolute atomic E-state index is 8.53. The summed E-state index contributed by atoms with van der Waals surface area (Å²) in [6.07, 6.45) is 0. The summed E-state index contributed by atoms with van der Waals surface area (Å²) in [4.78, 5) is 0. The third-order valence-corrected chi connectivity index (χ3v) is 4.12. The Morgan fingerprint density at radius 1 is 0.792 bits per heavy atom. The average Bonchev–Trinajstić information content (AvgIpc) is 2.99. The summed E-state index contributed by atoms with van der Waals surface area (Å²) in [5, 5.41) is 9.37. The molecule has 0 fully saturated rings. The van der Waals surface area contributed by atoms with Crippen LogP contribution in [0.4, 0.5) is 5.69 Å². The van der Waals surface area contributed by atoms with Gasteiger partial charge in [-0.3, -0.25) is 5.41 Å². The van der Waals surface area contributed by atoms with E-state index >= 15 is 0 Å². The number of nitrogens with two attached hydrogens (primary N) is 1. The molecule has 0 saturated heterocycles. The lowest BCUT2D eigenvalue weighted by molar-refractivity contribution is 0.606. The Kier molecular flexibility index (Phi) is 3.39. The van der Waals surface area contributed by atoms with Gasteiger partial charge in [-0.15, -0.1) is 0 Å². The van der Waals surface area contributed by atoms with Crippen molar-refractivity contribution in [3.05, 3.63) is 90.2 Å². The van der Waals surface area contributed by atoms with Crippen LogP contribution >= 0.6 is 0 Å². The van der Waals surface area contributed by atoms with E-state index in [2.05, 4.69) is 12.1 Å². The second kappa shape index (κ2) is 5.70. The highest BCUT2D eigenvalue weighted by Crippen LogP contribution is 2.30. The molecule has 1 heterocycles. The van der Waals surface area contributed by atoms with Gasteiger partial charge in [0.1, 0.15) is 11.3 Å². The molecule has 0 bridgehead atoms. The molecule has 0 aliphatic rings.